The molecule has 4 saturated heterocycles. The molecule has 20 rings (SSSR count). The van der Waals surface area contributed by atoms with E-state index in [9.17, 15) is 58.1 Å². The molecule has 1 N–H and O–H groups in total. The van der Waals surface area contributed by atoms with E-state index in [0.717, 1.165) is 151 Å². The molecular weight excluding hydrogens is 1670 g/mol. The van der Waals surface area contributed by atoms with E-state index in [2.05, 4.69) is 76.0 Å². The van der Waals surface area contributed by atoms with Gasteiger partial charge in [0.05, 0.1) is 44.6 Å². The molecular formula is C98H121F3N8O12S4. The molecule has 6 heterocycles. The maximum Gasteiger partial charge on any atom is 0.501 e. The Morgan fingerprint density at radius 3 is 1.86 bits per heavy atom. The summed E-state index contributed by atoms with van der Waals surface area (Å²) in [6.07, 6.45) is 26.6. The number of ketones is 2. The van der Waals surface area contributed by atoms with Crippen LogP contribution in [0.3, 0.4) is 0 Å². The lowest BCUT2D eigenvalue weighted by atomic mass is 9.33. The average Bonchev–Trinajstić information content (AvgIpc) is 0.862. The van der Waals surface area contributed by atoms with Gasteiger partial charge in [-0.2, -0.15) is 13.2 Å². The van der Waals surface area contributed by atoms with Gasteiger partial charge in [-0.1, -0.05) is 126 Å². The number of aryl methyl sites for hydroxylation is 1. The van der Waals surface area contributed by atoms with Crippen molar-refractivity contribution < 1.29 is 62.4 Å². The molecule has 0 amide bonds. The fourth-order valence-corrected chi connectivity index (χ4v) is 28.2. The summed E-state index contributed by atoms with van der Waals surface area (Å²) in [6.45, 7) is 27.4. The van der Waals surface area contributed by atoms with Crippen LogP contribution < -0.4 is 14.5 Å². The van der Waals surface area contributed by atoms with Crippen LogP contribution in [-0.4, -0.2) is 187 Å². The van der Waals surface area contributed by atoms with E-state index < -0.39 is 72.8 Å². The first-order valence-electron chi connectivity index (χ1n) is 45.3. The number of nitrogens with one attached hydrogen (secondary N) is 1. The number of hydrogen-bond donors (Lipinski definition) is 1. The zero-order valence-corrected chi connectivity index (χ0v) is 76.5. The van der Waals surface area contributed by atoms with Crippen LogP contribution in [0.1, 0.15) is 195 Å². The minimum Gasteiger partial charge on any atom is -0.455 e. The Balaban J connectivity index is 0.000000177. The maximum atomic E-state index is 14.3. The van der Waals surface area contributed by atoms with Crippen LogP contribution in [0.15, 0.2) is 176 Å². The van der Waals surface area contributed by atoms with Crippen LogP contribution in [0, 0.1) is 59.9 Å². The number of nitro groups is 1. The van der Waals surface area contributed by atoms with E-state index in [0.29, 0.717) is 86.6 Å². The molecule has 7 saturated carbocycles. The van der Waals surface area contributed by atoms with Crippen LogP contribution in [-0.2, 0) is 47.1 Å². The molecule has 0 unspecified atom stereocenters. The number of hydrogen-bond acceptors (Lipinski definition) is 19. The standard InChI is InChI=1S/C50H62F3N3O6S3.C48H59N5O6S/c1-46(2)17-15-43(49-29-47(3,30-49)31-49)39(25-46)26-54-19-21-56(22-20-54)40-12-9-37(10-13-40)44(57)28-64(58,59)42-14-11-38(45(24-42)65(60,61)50(51,52)53)23-36(27-63-41-7-5-4-6-8-41)16-18-55-32-48(33-55)34-62-35-48;1-46(2)17-15-36(41(26-46)48-30-47(3,31-48)32-48)28-51-19-21-52(22-20-51)37-12-14-40(44(24-37)59-38-23-35-16-18-49-45(35)50-27-38)43(54)29-60(57,58)39-13-11-34(42(25-39)53(55)56)10-9-33-7-5-4-6-8-33/h4-14,24,36H,15-23,25-35H2,1-3H3;11-14,16,18,23-25,27,33H,4-10,15,17,19-22,26,28-32H2,1-3H3,(H,49,50)/t36-,47?,49?;/m0./s1. The van der Waals surface area contributed by atoms with Crippen LogP contribution >= 0.6 is 11.8 Å². The number of carbonyl (C=O) groups is 2. The Bertz CT molecular complexity index is 5640. The van der Waals surface area contributed by atoms with Gasteiger partial charge in [-0.15, -0.1) is 11.8 Å². The zero-order valence-electron chi connectivity index (χ0n) is 73.2. The molecule has 13 aliphatic rings. The van der Waals surface area contributed by atoms with Crippen molar-refractivity contribution in [1.82, 2.24) is 24.7 Å². The lowest BCUT2D eigenvalue weighted by Crippen LogP contribution is -2.65. The van der Waals surface area contributed by atoms with Crippen LogP contribution in [0.2, 0.25) is 0 Å². The largest absolute Gasteiger partial charge is 0.501 e. The molecule has 1 atom stereocenters. The number of pyridine rings is 1. The first-order valence-corrected chi connectivity index (χ1v) is 51.0. The quantitative estimate of drug-likeness (QED) is 0.0140. The van der Waals surface area contributed by atoms with Gasteiger partial charge in [0.2, 0.25) is 0 Å². The number of anilines is 2. The molecule has 9 aliphatic carbocycles. The highest BCUT2D eigenvalue weighted by molar-refractivity contribution is 7.99. The van der Waals surface area contributed by atoms with Crippen LogP contribution in [0.4, 0.5) is 30.2 Å². The number of piperazine rings is 2. The Hall–Kier alpha value is -7.76. The molecule has 11 fully saturated rings. The number of Topliss-reactive ketones (excluding diaryl/α,β-unsaturated/α-hetero) is 2. The predicted molar refractivity (Wildman–Crippen MR) is 484 cm³/mol. The van der Waals surface area contributed by atoms with Gasteiger partial charge in [0.1, 0.15) is 28.7 Å². The second-order valence-electron chi connectivity index (χ2n) is 41.4. The van der Waals surface area contributed by atoms with Gasteiger partial charge in [0, 0.05) is 141 Å². The second kappa shape index (κ2) is 34.6. The van der Waals surface area contributed by atoms with E-state index in [-0.39, 0.29) is 50.8 Å². The van der Waals surface area contributed by atoms with E-state index in [1.807, 2.05) is 54.6 Å². The lowest BCUT2D eigenvalue weighted by molar-refractivity contribution is -0.385. The summed E-state index contributed by atoms with van der Waals surface area (Å²) >= 11 is 1.54. The number of nitro benzene ring substituents is 1. The monoisotopic (exact) mass is 1790 g/mol. The Labute approximate surface area is 739 Å². The fourth-order valence-electron chi connectivity index (χ4n) is 23.5. The summed E-state index contributed by atoms with van der Waals surface area (Å²) < 4.78 is 136. The number of ether oxygens (including phenoxy) is 2. The first-order chi connectivity index (χ1) is 59.3. The van der Waals surface area contributed by atoms with Gasteiger partial charge in [-0.3, -0.25) is 29.5 Å². The molecule has 670 valence electrons. The molecule has 1 spiro atoms. The van der Waals surface area contributed by atoms with Gasteiger partial charge in [0.15, 0.2) is 31.2 Å². The minimum atomic E-state index is -5.95. The number of fused-ring (bicyclic) bond motifs is 1. The second-order valence-corrected chi connectivity index (χ2v) is 48.4. The third-order valence-electron chi connectivity index (χ3n) is 29.9. The van der Waals surface area contributed by atoms with Gasteiger partial charge in [-0.25, -0.2) is 30.2 Å². The summed E-state index contributed by atoms with van der Waals surface area (Å²) in [7, 11) is -14.7. The van der Waals surface area contributed by atoms with Crippen molar-refractivity contribution in [2.24, 2.45) is 49.7 Å². The number of likely N-dealkylation sites (tertiary alicyclic amines) is 1. The average molecular weight is 1790 g/mol. The summed E-state index contributed by atoms with van der Waals surface area (Å²) in [5.74, 6) is -1.80. The number of aromatic amines is 1. The third kappa shape index (κ3) is 19.3. The number of halogens is 3. The molecule has 125 heavy (non-hydrogen) atoms. The SMILES string of the molecule is CC1(C)CCC(C23CC(C)(C2)C3)=C(CN2CCN(c3ccc(C(=O)CS(=O)(=O)c4ccc(C[C@H](CCN5CC6(COC6)C5)CSc5ccccc5)c(S(=O)(=O)C(F)(F)F)c4)cc3)CC2)C1.CC1(C)CCC(CN2CCN(c3ccc(C(=O)CS(=O)(=O)c4ccc(CCC5CCCCC5)c([N+](=O)[O-])c4)c(Oc4cnc5[nH]ccc5c4)c3)CC2)=C(C23CC(C)(C2)C3)C1. The van der Waals surface area contributed by atoms with E-state index in [1.165, 1.54) is 102 Å². The molecule has 7 aromatic rings. The minimum absolute atomic E-state index is 0.00914. The van der Waals surface area contributed by atoms with Crippen molar-refractivity contribution in [2.45, 2.75) is 201 Å². The highest BCUT2D eigenvalue weighted by atomic mass is 32.2. The highest BCUT2D eigenvalue weighted by Gasteiger charge is 2.68. The highest BCUT2D eigenvalue weighted by Crippen LogP contribution is 2.79. The number of sulfone groups is 3. The molecule has 27 heteroatoms. The summed E-state index contributed by atoms with van der Waals surface area (Å²) in [5.41, 5.74) is 7.18. The first kappa shape index (κ1) is 89.2. The number of carbonyl (C=O) groups excluding carboxylic acids is 2. The summed E-state index contributed by atoms with van der Waals surface area (Å²) in [4.78, 5) is 57.7. The zero-order chi connectivity index (χ0) is 87.9. The molecule has 5 aromatic carbocycles. The van der Waals surface area contributed by atoms with E-state index in [1.54, 1.807) is 82.8 Å². The van der Waals surface area contributed by atoms with Gasteiger partial charge < -0.3 is 29.2 Å². The van der Waals surface area contributed by atoms with E-state index in [4.69, 9.17) is 9.47 Å². The van der Waals surface area contributed by atoms with Crippen molar-refractivity contribution in [3.63, 3.8) is 0 Å². The number of rotatable bonds is 31. The lowest BCUT2D eigenvalue weighted by Gasteiger charge is -2.72. The third-order valence-corrected chi connectivity index (χ3v) is 35.9. The van der Waals surface area contributed by atoms with Gasteiger partial charge in [-0.05, 0) is 238 Å². The normalized spacial score (nSPS) is 25.3. The Kier molecular flexibility index (Phi) is 24.7. The number of nitrogens with zero attached hydrogens (tertiary/aromatic N) is 7. The number of benzene rings is 5. The van der Waals surface area contributed by atoms with Crippen LogP contribution in [0.25, 0.3) is 11.0 Å². The van der Waals surface area contributed by atoms with Crippen molar-refractivity contribution in [3.8, 4) is 11.5 Å². The molecule has 4 aliphatic heterocycles. The van der Waals surface area contributed by atoms with Crippen molar-refractivity contribution in [2.75, 3.05) is 125 Å². The van der Waals surface area contributed by atoms with E-state index >= 15 is 0 Å². The molecule has 4 bridgehead atoms. The molecule has 2 aromatic heterocycles. The maximum absolute atomic E-state index is 14.3. The van der Waals surface area contributed by atoms with Gasteiger partial charge >= 0.3 is 5.51 Å². The topological polar surface area (TPSA) is 243 Å². The molecule has 20 nitrogen and oxygen atoms in total. The number of thioether (sulfide) groups is 1. The Morgan fingerprint density at radius 1 is 0.648 bits per heavy atom. The number of H-pyrrole nitrogens is 1. The van der Waals surface area contributed by atoms with Crippen LogP contribution in [0.5, 0.6) is 11.5 Å². The van der Waals surface area contributed by atoms with Crippen molar-refractivity contribution >= 4 is 80.9 Å². The summed E-state index contributed by atoms with van der Waals surface area (Å²) in [6, 6.07) is 32.4. The number of allylic oxidation sites excluding steroid dienone is 2. The smallest absolute Gasteiger partial charge is 0.455 e. The predicted octanol–water partition coefficient (Wildman–Crippen LogP) is 19.4. The number of alkyl halides is 3. The number of aromatic nitrogens is 2. The van der Waals surface area contributed by atoms with Gasteiger partial charge in [0.25, 0.3) is 15.5 Å². The summed E-state index contributed by atoms with van der Waals surface area (Å²) in [5, 5.41) is 13.0. The van der Waals surface area contributed by atoms with Crippen molar-refractivity contribution in [3.05, 3.63) is 188 Å². The van der Waals surface area contributed by atoms with Crippen molar-refractivity contribution in [1.29, 1.82) is 0 Å². The fraction of sp³-hybridized carbons (Fsp3) is 0.561. The molecule has 0 radical (unpaired) electrons. The Morgan fingerprint density at radius 2 is 1.24 bits per heavy atom.